The normalized spacial score (nSPS) is 18.3. The minimum Gasteiger partial charge on any atom is -0.469 e. The van der Waals surface area contributed by atoms with Crippen LogP contribution in [0.4, 0.5) is 8.78 Å². The molecule has 0 aromatic heterocycles. The maximum absolute atomic E-state index is 12.1. The van der Waals surface area contributed by atoms with Crippen molar-refractivity contribution in [3.8, 4) is 5.75 Å². The van der Waals surface area contributed by atoms with E-state index in [1.54, 1.807) is 12.1 Å². The van der Waals surface area contributed by atoms with Gasteiger partial charge >= 0.3 is 12.6 Å². The zero-order valence-electron chi connectivity index (χ0n) is 9.99. The van der Waals surface area contributed by atoms with Crippen LogP contribution in [0.2, 0.25) is 0 Å². The minimum atomic E-state index is -2.81. The summed E-state index contributed by atoms with van der Waals surface area (Å²) in [6.45, 7) is -2.81. The monoisotopic (exact) mass is 256 g/mol. The van der Waals surface area contributed by atoms with Gasteiger partial charge in [0.15, 0.2) is 0 Å². The average Bonchev–Trinajstić information content (AvgIpc) is 2.36. The molecule has 1 aliphatic rings. The Morgan fingerprint density at radius 3 is 2.83 bits per heavy atom. The zero-order valence-corrected chi connectivity index (χ0v) is 9.99. The molecule has 1 atom stereocenters. The van der Waals surface area contributed by atoms with Gasteiger partial charge in [0.05, 0.1) is 13.0 Å². The molecule has 5 heteroatoms. The van der Waals surface area contributed by atoms with Crippen LogP contribution in [0.15, 0.2) is 18.2 Å². The summed E-state index contributed by atoms with van der Waals surface area (Å²) in [4.78, 5) is 11.4. The molecular formula is C13H14F2O3. The number of alkyl halides is 2. The van der Waals surface area contributed by atoms with Crippen LogP contribution in [-0.2, 0) is 22.4 Å². The molecule has 0 spiro atoms. The second kappa shape index (κ2) is 5.33. The standard InChI is InChI=1S/C13H14F2O3/c1-17-12(16)10-3-2-9-7-11(18-13(14)15)5-4-8(9)6-10/h4-5,7,10,13H,2-3,6H2,1H3. The topological polar surface area (TPSA) is 35.5 Å². The number of benzene rings is 1. The number of hydrogen-bond donors (Lipinski definition) is 0. The Morgan fingerprint density at radius 2 is 2.17 bits per heavy atom. The smallest absolute Gasteiger partial charge is 0.387 e. The first-order valence-corrected chi connectivity index (χ1v) is 5.74. The third kappa shape index (κ3) is 2.78. The lowest BCUT2D eigenvalue weighted by Gasteiger charge is -2.23. The van der Waals surface area contributed by atoms with E-state index >= 15 is 0 Å². The van der Waals surface area contributed by atoms with E-state index in [9.17, 15) is 13.6 Å². The third-order valence-electron chi connectivity index (χ3n) is 3.17. The molecule has 0 saturated heterocycles. The zero-order chi connectivity index (χ0) is 13.1. The van der Waals surface area contributed by atoms with Crippen molar-refractivity contribution in [1.82, 2.24) is 0 Å². The summed E-state index contributed by atoms with van der Waals surface area (Å²) in [5.41, 5.74) is 1.96. The van der Waals surface area contributed by atoms with Crippen molar-refractivity contribution >= 4 is 5.97 Å². The lowest BCUT2D eigenvalue weighted by Crippen LogP contribution is -2.23. The summed E-state index contributed by atoms with van der Waals surface area (Å²) in [6.07, 6.45) is 1.95. The molecule has 18 heavy (non-hydrogen) atoms. The van der Waals surface area contributed by atoms with Gasteiger partial charge in [-0.05, 0) is 42.5 Å². The Morgan fingerprint density at radius 1 is 1.39 bits per heavy atom. The van der Waals surface area contributed by atoms with E-state index in [1.807, 2.05) is 0 Å². The quantitative estimate of drug-likeness (QED) is 0.780. The van der Waals surface area contributed by atoms with Gasteiger partial charge in [0.1, 0.15) is 5.75 Å². The Bertz CT molecular complexity index is 446. The van der Waals surface area contributed by atoms with Crippen LogP contribution < -0.4 is 4.74 Å². The number of fused-ring (bicyclic) bond motifs is 1. The summed E-state index contributed by atoms with van der Waals surface area (Å²) < 4.78 is 33.2. The van der Waals surface area contributed by atoms with Crippen LogP contribution in [-0.4, -0.2) is 19.7 Å². The molecular weight excluding hydrogens is 242 g/mol. The molecule has 0 heterocycles. The molecule has 0 N–H and O–H groups in total. The van der Waals surface area contributed by atoms with E-state index in [0.717, 1.165) is 11.1 Å². The minimum absolute atomic E-state index is 0.135. The van der Waals surface area contributed by atoms with Crippen LogP contribution in [0, 0.1) is 5.92 Å². The van der Waals surface area contributed by atoms with Gasteiger partial charge in [-0.3, -0.25) is 4.79 Å². The van der Waals surface area contributed by atoms with E-state index in [-0.39, 0.29) is 17.6 Å². The molecule has 0 saturated carbocycles. The fourth-order valence-electron chi connectivity index (χ4n) is 2.28. The molecule has 3 nitrogen and oxygen atoms in total. The highest BCUT2D eigenvalue weighted by Gasteiger charge is 2.25. The van der Waals surface area contributed by atoms with Crippen LogP contribution >= 0.6 is 0 Å². The Hall–Kier alpha value is -1.65. The molecule has 0 aliphatic heterocycles. The predicted molar refractivity (Wildman–Crippen MR) is 60.6 cm³/mol. The molecule has 1 aromatic carbocycles. The van der Waals surface area contributed by atoms with E-state index in [4.69, 9.17) is 4.74 Å². The highest BCUT2D eigenvalue weighted by atomic mass is 19.3. The Kier molecular flexibility index (Phi) is 3.79. The van der Waals surface area contributed by atoms with E-state index in [0.29, 0.717) is 19.3 Å². The van der Waals surface area contributed by atoms with Gasteiger partial charge in [-0.25, -0.2) is 0 Å². The van der Waals surface area contributed by atoms with Gasteiger partial charge in [-0.1, -0.05) is 6.07 Å². The summed E-state index contributed by atoms with van der Waals surface area (Å²) in [5, 5.41) is 0. The maximum Gasteiger partial charge on any atom is 0.387 e. The molecule has 2 rings (SSSR count). The van der Waals surface area contributed by atoms with Crippen LogP contribution in [0.3, 0.4) is 0 Å². The molecule has 0 bridgehead atoms. The van der Waals surface area contributed by atoms with Gasteiger partial charge in [0.25, 0.3) is 0 Å². The molecule has 1 aliphatic carbocycles. The van der Waals surface area contributed by atoms with Crippen molar-refractivity contribution < 1.29 is 23.0 Å². The second-order valence-electron chi connectivity index (χ2n) is 4.27. The first kappa shape index (κ1) is 12.8. The first-order chi connectivity index (χ1) is 8.60. The highest BCUT2D eigenvalue weighted by molar-refractivity contribution is 5.73. The van der Waals surface area contributed by atoms with Crippen molar-refractivity contribution in [3.05, 3.63) is 29.3 Å². The van der Waals surface area contributed by atoms with Crippen molar-refractivity contribution in [1.29, 1.82) is 0 Å². The number of methoxy groups -OCH3 is 1. The summed E-state index contributed by atoms with van der Waals surface area (Å²) in [6, 6.07) is 4.86. The van der Waals surface area contributed by atoms with Crippen molar-refractivity contribution in [3.63, 3.8) is 0 Å². The van der Waals surface area contributed by atoms with Crippen molar-refractivity contribution in [2.45, 2.75) is 25.9 Å². The van der Waals surface area contributed by atoms with Gasteiger partial charge in [-0.15, -0.1) is 0 Å². The molecule has 1 unspecified atom stereocenters. The fourth-order valence-corrected chi connectivity index (χ4v) is 2.28. The van der Waals surface area contributed by atoms with Gasteiger partial charge in [0, 0.05) is 0 Å². The Balaban J connectivity index is 2.13. The lowest BCUT2D eigenvalue weighted by molar-refractivity contribution is -0.145. The fraction of sp³-hybridized carbons (Fsp3) is 0.462. The SMILES string of the molecule is COC(=O)C1CCc2cc(OC(F)F)ccc2C1. The number of carbonyl (C=O) groups excluding carboxylic acids is 1. The van der Waals surface area contributed by atoms with E-state index in [1.165, 1.54) is 13.2 Å². The number of ether oxygens (including phenoxy) is 2. The number of aryl methyl sites for hydroxylation is 1. The number of hydrogen-bond acceptors (Lipinski definition) is 3. The summed E-state index contributed by atoms with van der Waals surface area (Å²) >= 11 is 0. The molecule has 0 amide bonds. The molecule has 0 radical (unpaired) electrons. The number of esters is 1. The number of carbonyl (C=O) groups is 1. The predicted octanol–water partition coefficient (Wildman–Crippen LogP) is 2.57. The number of rotatable bonds is 3. The van der Waals surface area contributed by atoms with Crippen molar-refractivity contribution in [2.24, 2.45) is 5.92 Å². The first-order valence-electron chi connectivity index (χ1n) is 5.74. The molecule has 1 aromatic rings. The van der Waals surface area contributed by atoms with Crippen LogP contribution in [0.1, 0.15) is 17.5 Å². The summed E-state index contributed by atoms with van der Waals surface area (Å²) in [7, 11) is 1.37. The van der Waals surface area contributed by atoms with Crippen molar-refractivity contribution in [2.75, 3.05) is 7.11 Å². The number of halogens is 2. The highest BCUT2D eigenvalue weighted by Crippen LogP contribution is 2.29. The van der Waals surface area contributed by atoms with Gasteiger partial charge < -0.3 is 9.47 Å². The van der Waals surface area contributed by atoms with E-state index in [2.05, 4.69) is 4.74 Å². The molecule has 98 valence electrons. The van der Waals surface area contributed by atoms with E-state index < -0.39 is 6.61 Å². The van der Waals surface area contributed by atoms with Gasteiger partial charge in [-0.2, -0.15) is 8.78 Å². The Labute approximate surface area is 104 Å². The second-order valence-corrected chi connectivity index (χ2v) is 4.27. The largest absolute Gasteiger partial charge is 0.469 e. The third-order valence-corrected chi connectivity index (χ3v) is 3.17. The maximum atomic E-state index is 12.1. The summed E-state index contributed by atoms with van der Waals surface area (Å²) in [5.74, 6) is -0.182. The van der Waals surface area contributed by atoms with Crippen LogP contribution in [0.25, 0.3) is 0 Å². The van der Waals surface area contributed by atoms with Crippen LogP contribution in [0.5, 0.6) is 5.75 Å². The molecule has 0 fully saturated rings. The average molecular weight is 256 g/mol. The van der Waals surface area contributed by atoms with Gasteiger partial charge in [0.2, 0.25) is 0 Å². The lowest BCUT2D eigenvalue weighted by atomic mass is 9.84.